The molecule has 2 rings (SSSR count). The molecule has 0 aliphatic carbocycles. The van der Waals surface area contributed by atoms with Crippen molar-refractivity contribution in [2.45, 2.75) is 18.7 Å². The van der Waals surface area contributed by atoms with Gasteiger partial charge < -0.3 is 14.7 Å². The van der Waals surface area contributed by atoms with E-state index in [0.717, 1.165) is 6.20 Å². The molecule has 0 bridgehead atoms. The molecule has 1 aliphatic heterocycles. The third kappa shape index (κ3) is 3.38. The average molecular weight is 290 g/mol. The molecule has 1 fully saturated rings. The summed E-state index contributed by atoms with van der Waals surface area (Å²) in [6, 6.07) is 1.28. The van der Waals surface area contributed by atoms with E-state index in [1.165, 1.54) is 17.2 Å². The predicted octanol–water partition coefficient (Wildman–Crippen LogP) is 1.78. The number of carbonyl (C=O) groups is 1. The van der Waals surface area contributed by atoms with Gasteiger partial charge in [-0.25, -0.2) is 0 Å². The van der Waals surface area contributed by atoms with Crippen LogP contribution in [0.1, 0.15) is 12.0 Å². The van der Waals surface area contributed by atoms with Crippen LogP contribution in [0.2, 0.25) is 0 Å². The first-order valence-corrected chi connectivity index (χ1v) is 5.97. The summed E-state index contributed by atoms with van der Waals surface area (Å²) < 4.78 is 44.0. The van der Waals surface area contributed by atoms with Crippen molar-refractivity contribution < 1.29 is 27.8 Å². The molecule has 1 aromatic rings. The lowest BCUT2D eigenvalue weighted by atomic mass is 10.1. The van der Waals surface area contributed by atoms with Crippen molar-refractivity contribution in [2.24, 2.45) is 0 Å². The van der Waals surface area contributed by atoms with Crippen molar-refractivity contribution in [3.63, 3.8) is 0 Å². The highest BCUT2D eigenvalue weighted by Gasteiger charge is 2.36. The molecule has 2 heterocycles. The zero-order chi connectivity index (χ0) is 14.8. The Morgan fingerprint density at radius 2 is 2.30 bits per heavy atom. The van der Waals surface area contributed by atoms with Crippen molar-refractivity contribution in [3.05, 3.63) is 24.0 Å². The van der Waals surface area contributed by atoms with Gasteiger partial charge in [-0.15, -0.1) is 0 Å². The summed E-state index contributed by atoms with van der Waals surface area (Å²) in [6.07, 6.45) is -3.29. The first-order valence-electron chi connectivity index (χ1n) is 5.97. The first-order chi connectivity index (χ1) is 9.38. The molecule has 1 aromatic heterocycles. The number of alkyl halides is 3. The normalized spacial score (nSPS) is 19.9. The highest BCUT2D eigenvalue weighted by molar-refractivity contribution is 5.67. The summed E-state index contributed by atoms with van der Waals surface area (Å²) in [7, 11) is 0. The molecule has 1 N–H and O–H groups in total. The van der Waals surface area contributed by atoms with Crippen LogP contribution in [0.3, 0.4) is 0 Å². The molecule has 8 heteroatoms. The number of halogens is 3. The standard InChI is InChI=1S/C12H13F3N2O3/c13-12(14,15)9-6-16-2-1-10(9)17-3-4-20-8(7-17)5-11(18)19/h1-2,6,8H,3-5,7H2,(H,18,19). The Labute approximate surface area is 113 Å². The lowest BCUT2D eigenvalue weighted by Crippen LogP contribution is -2.44. The number of carboxylic acids is 1. The number of rotatable bonds is 3. The third-order valence-corrected chi connectivity index (χ3v) is 2.99. The largest absolute Gasteiger partial charge is 0.481 e. The predicted molar refractivity (Wildman–Crippen MR) is 63.4 cm³/mol. The first kappa shape index (κ1) is 14.6. The number of morpholine rings is 1. The molecule has 0 radical (unpaired) electrons. The number of carboxylic acid groups (broad SMARTS) is 1. The number of aromatic nitrogens is 1. The maximum absolute atomic E-state index is 12.9. The van der Waals surface area contributed by atoms with Crippen LogP contribution in [0.15, 0.2) is 18.5 Å². The SMILES string of the molecule is O=C(O)CC1CN(c2ccncc2C(F)(F)F)CCO1. The Kier molecular flexibility index (Phi) is 4.12. The minimum Gasteiger partial charge on any atom is -0.481 e. The van der Waals surface area contributed by atoms with Crippen molar-refractivity contribution in [3.8, 4) is 0 Å². The Morgan fingerprint density at radius 3 is 2.95 bits per heavy atom. The number of aliphatic carboxylic acids is 1. The topological polar surface area (TPSA) is 62.7 Å². The van der Waals surface area contributed by atoms with E-state index < -0.39 is 23.8 Å². The van der Waals surface area contributed by atoms with Crippen LogP contribution in [0.25, 0.3) is 0 Å². The lowest BCUT2D eigenvalue weighted by Gasteiger charge is -2.35. The van der Waals surface area contributed by atoms with Gasteiger partial charge in [0.15, 0.2) is 0 Å². The van der Waals surface area contributed by atoms with Crippen LogP contribution in [0.4, 0.5) is 18.9 Å². The molecule has 0 spiro atoms. The molecule has 0 saturated carbocycles. The zero-order valence-corrected chi connectivity index (χ0v) is 10.4. The number of anilines is 1. The van der Waals surface area contributed by atoms with Gasteiger partial charge in [0.25, 0.3) is 0 Å². The molecule has 1 atom stereocenters. The number of hydrogen-bond acceptors (Lipinski definition) is 4. The Balaban J connectivity index is 2.21. The summed E-state index contributed by atoms with van der Waals surface area (Å²) in [4.78, 5) is 15.6. The summed E-state index contributed by atoms with van der Waals surface area (Å²) in [5.74, 6) is -1.04. The summed E-state index contributed by atoms with van der Waals surface area (Å²) in [5.41, 5.74) is -0.817. The van der Waals surface area contributed by atoms with Gasteiger partial charge in [-0.2, -0.15) is 13.2 Å². The Bertz CT molecular complexity index is 493. The third-order valence-electron chi connectivity index (χ3n) is 2.99. The Hall–Kier alpha value is -1.83. The van der Waals surface area contributed by atoms with E-state index in [-0.39, 0.29) is 31.8 Å². The molecular formula is C12H13F3N2O3. The average Bonchev–Trinajstić information content (AvgIpc) is 2.37. The van der Waals surface area contributed by atoms with Crippen LogP contribution in [-0.4, -0.2) is 41.9 Å². The second-order valence-electron chi connectivity index (χ2n) is 4.43. The van der Waals surface area contributed by atoms with Gasteiger partial charge in [0.1, 0.15) is 0 Å². The van der Waals surface area contributed by atoms with Gasteiger partial charge in [0.2, 0.25) is 0 Å². The van der Waals surface area contributed by atoms with Gasteiger partial charge >= 0.3 is 12.1 Å². The summed E-state index contributed by atoms with van der Waals surface area (Å²) in [6.45, 7) is 0.584. The van der Waals surface area contributed by atoms with Gasteiger partial charge in [-0.3, -0.25) is 9.78 Å². The van der Waals surface area contributed by atoms with Gasteiger partial charge in [-0.1, -0.05) is 0 Å². The molecular weight excluding hydrogens is 277 g/mol. The number of ether oxygens (including phenoxy) is 1. The van der Waals surface area contributed by atoms with Crippen LogP contribution in [0, 0.1) is 0 Å². The summed E-state index contributed by atoms with van der Waals surface area (Å²) in [5, 5.41) is 8.72. The fourth-order valence-electron chi connectivity index (χ4n) is 2.14. The minimum absolute atomic E-state index is 0.00573. The van der Waals surface area contributed by atoms with Crippen molar-refractivity contribution >= 4 is 11.7 Å². The number of pyridine rings is 1. The highest BCUT2D eigenvalue weighted by atomic mass is 19.4. The molecule has 110 valence electrons. The van der Waals surface area contributed by atoms with E-state index in [0.29, 0.717) is 0 Å². The molecule has 1 unspecified atom stereocenters. The quantitative estimate of drug-likeness (QED) is 0.919. The second kappa shape index (κ2) is 5.66. The van der Waals surface area contributed by atoms with Crippen molar-refractivity contribution in [1.29, 1.82) is 0 Å². The minimum atomic E-state index is -4.50. The molecule has 5 nitrogen and oxygen atoms in total. The van der Waals surface area contributed by atoms with Crippen LogP contribution < -0.4 is 4.90 Å². The number of hydrogen-bond donors (Lipinski definition) is 1. The maximum atomic E-state index is 12.9. The zero-order valence-electron chi connectivity index (χ0n) is 10.4. The number of nitrogens with zero attached hydrogens (tertiary/aromatic N) is 2. The molecule has 0 amide bonds. The highest BCUT2D eigenvalue weighted by Crippen LogP contribution is 2.36. The summed E-state index contributed by atoms with van der Waals surface area (Å²) >= 11 is 0. The fraction of sp³-hybridized carbons (Fsp3) is 0.500. The van der Waals surface area contributed by atoms with E-state index in [1.807, 2.05) is 0 Å². The van der Waals surface area contributed by atoms with Gasteiger partial charge in [-0.05, 0) is 6.07 Å². The van der Waals surface area contributed by atoms with Crippen LogP contribution in [-0.2, 0) is 15.7 Å². The Morgan fingerprint density at radius 1 is 1.55 bits per heavy atom. The second-order valence-corrected chi connectivity index (χ2v) is 4.43. The van der Waals surface area contributed by atoms with Gasteiger partial charge in [0, 0.05) is 25.5 Å². The van der Waals surface area contributed by atoms with Crippen molar-refractivity contribution in [1.82, 2.24) is 4.98 Å². The van der Waals surface area contributed by atoms with Crippen LogP contribution in [0.5, 0.6) is 0 Å². The van der Waals surface area contributed by atoms with E-state index in [4.69, 9.17) is 9.84 Å². The van der Waals surface area contributed by atoms with E-state index in [9.17, 15) is 18.0 Å². The smallest absolute Gasteiger partial charge is 0.419 e. The molecule has 20 heavy (non-hydrogen) atoms. The van der Waals surface area contributed by atoms with Crippen LogP contribution >= 0.6 is 0 Å². The lowest BCUT2D eigenvalue weighted by molar-refractivity contribution is -0.141. The monoisotopic (exact) mass is 290 g/mol. The molecule has 1 saturated heterocycles. The van der Waals surface area contributed by atoms with Crippen molar-refractivity contribution in [2.75, 3.05) is 24.6 Å². The molecule has 1 aliphatic rings. The van der Waals surface area contributed by atoms with E-state index >= 15 is 0 Å². The maximum Gasteiger partial charge on any atom is 0.419 e. The molecule has 0 aromatic carbocycles. The fourth-order valence-corrected chi connectivity index (χ4v) is 2.14. The van der Waals surface area contributed by atoms with E-state index in [2.05, 4.69) is 4.98 Å². The van der Waals surface area contributed by atoms with Gasteiger partial charge in [0.05, 0.1) is 30.4 Å². The van der Waals surface area contributed by atoms with E-state index in [1.54, 1.807) is 0 Å².